The summed E-state index contributed by atoms with van der Waals surface area (Å²) in [5, 5.41) is 3.80. The van der Waals surface area contributed by atoms with Gasteiger partial charge in [-0.3, -0.25) is 0 Å². The van der Waals surface area contributed by atoms with Gasteiger partial charge in [0.25, 0.3) is 0 Å². The van der Waals surface area contributed by atoms with E-state index in [0.29, 0.717) is 12.0 Å². The maximum Gasteiger partial charge on any atom is 0.0415 e. The van der Waals surface area contributed by atoms with Gasteiger partial charge in [-0.1, -0.05) is 48.5 Å². The molecule has 2 aromatic carbocycles. The fraction of sp³-hybridized carbons (Fsp3) is 0.333. The second kappa shape index (κ2) is 5.27. The van der Waals surface area contributed by atoms with Crippen molar-refractivity contribution in [3.05, 3.63) is 70.8 Å². The predicted octanol–water partition coefficient (Wildman–Crippen LogP) is 3.90. The Bertz CT molecular complexity index is 622. The van der Waals surface area contributed by atoms with E-state index >= 15 is 0 Å². The molecule has 2 unspecified atom stereocenters. The minimum atomic E-state index is 0.526. The molecule has 1 nitrogen and oxygen atoms in total. The van der Waals surface area contributed by atoms with Crippen LogP contribution in [0.1, 0.15) is 34.2 Å². The lowest BCUT2D eigenvalue weighted by molar-refractivity contribution is 0.490. The summed E-state index contributed by atoms with van der Waals surface area (Å²) >= 11 is 2.05. The van der Waals surface area contributed by atoms with Crippen molar-refractivity contribution in [1.29, 1.82) is 0 Å². The first-order valence-corrected chi connectivity index (χ1v) is 8.54. The molecule has 0 fully saturated rings. The predicted molar refractivity (Wildman–Crippen MR) is 86.2 cm³/mol. The molecule has 2 heteroatoms. The van der Waals surface area contributed by atoms with Gasteiger partial charge in [0.15, 0.2) is 0 Å². The molecular formula is C18H19NS. The summed E-state index contributed by atoms with van der Waals surface area (Å²) in [6.07, 6.45) is 1.24. The van der Waals surface area contributed by atoms with Gasteiger partial charge in [-0.25, -0.2) is 0 Å². The second-order valence-corrected chi connectivity index (χ2v) is 6.80. The third kappa shape index (κ3) is 2.17. The van der Waals surface area contributed by atoms with E-state index in [-0.39, 0.29) is 0 Å². The first kappa shape index (κ1) is 12.5. The number of rotatable bonds is 3. The van der Waals surface area contributed by atoms with Gasteiger partial charge in [-0.2, -0.15) is 11.8 Å². The van der Waals surface area contributed by atoms with Crippen LogP contribution in [0.5, 0.6) is 0 Å². The molecule has 1 heterocycles. The van der Waals surface area contributed by atoms with Crippen molar-refractivity contribution in [2.45, 2.75) is 24.1 Å². The summed E-state index contributed by atoms with van der Waals surface area (Å²) in [4.78, 5) is 0. The van der Waals surface area contributed by atoms with E-state index < -0.39 is 0 Å². The molecule has 102 valence electrons. The third-order valence-corrected chi connectivity index (χ3v) is 5.63. The van der Waals surface area contributed by atoms with Crippen LogP contribution in [0.15, 0.2) is 48.5 Å². The van der Waals surface area contributed by atoms with Crippen molar-refractivity contribution >= 4 is 11.8 Å². The minimum Gasteiger partial charge on any atom is -0.309 e. The molecule has 2 atom stereocenters. The fourth-order valence-electron chi connectivity index (χ4n) is 3.38. The van der Waals surface area contributed by atoms with Crippen LogP contribution in [0.4, 0.5) is 0 Å². The highest BCUT2D eigenvalue weighted by atomic mass is 32.2. The monoisotopic (exact) mass is 281 g/mol. The van der Waals surface area contributed by atoms with E-state index in [4.69, 9.17) is 0 Å². The summed E-state index contributed by atoms with van der Waals surface area (Å²) in [6.45, 7) is 1.11. The highest BCUT2D eigenvalue weighted by Crippen LogP contribution is 2.36. The van der Waals surface area contributed by atoms with Crippen LogP contribution >= 0.6 is 11.8 Å². The summed E-state index contributed by atoms with van der Waals surface area (Å²) in [5.74, 6) is 3.08. The van der Waals surface area contributed by atoms with Gasteiger partial charge in [-0.15, -0.1) is 0 Å². The van der Waals surface area contributed by atoms with Gasteiger partial charge in [0, 0.05) is 30.0 Å². The Hall–Kier alpha value is -1.25. The average Bonchev–Trinajstić information content (AvgIpc) is 2.48. The lowest BCUT2D eigenvalue weighted by Gasteiger charge is -2.33. The van der Waals surface area contributed by atoms with Gasteiger partial charge >= 0.3 is 0 Å². The van der Waals surface area contributed by atoms with E-state index in [1.807, 2.05) is 11.8 Å². The summed E-state index contributed by atoms with van der Waals surface area (Å²) in [5.41, 5.74) is 6.11. The second-order valence-electron chi connectivity index (χ2n) is 5.77. The Labute approximate surface area is 124 Å². The molecule has 4 rings (SSSR count). The van der Waals surface area contributed by atoms with Crippen molar-refractivity contribution < 1.29 is 0 Å². The molecule has 0 saturated heterocycles. The van der Waals surface area contributed by atoms with Gasteiger partial charge in [0.1, 0.15) is 0 Å². The topological polar surface area (TPSA) is 12.0 Å². The molecule has 2 aromatic rings. The van der Waals surface area contributed by atoms with Gasteiger partial charge in [0.05, 0.1) is 0 Å². The number of nitrogens with one attached hydrogen (secondary N) is 1. The quantitative estimate of drug-likeness (QED) is 0.915. The van der Waals surface area contributed by atoms with Crippen molar-refractivity contribution in [3.63, 3.8) is 0 Å². The number of fused-ring (bicyclic) bond motifs is 2. The largest absolute Gasteiger partial charge is 0.309 e. The molecule has 1 aliphatic heterocycles. The fourth-order valence-corrected chi connectivity index (χ4v) is 4.51. The molecule has 20 heavy (non-hydrogen) atoms. The van der Waals surface area contributed by atoms with Crippen LogP contribution in [0.2, 0.25) is 0 Å². The Kier molecular flexibility index (Phi) is 3.29. The van der Waals surface area contributed by atoms with Crippen LogP contribution in [0, 0.1) is 0 Å². The van der Waals surface area contributed by atoms with Gasteiger partial charge < -0.3 is 5.32 Å². The van der Waals surface area contributed by atoms with Crippen LogP contribution < -0.4 is 5.32 Å². The first-order valence-electron chi connectivity index (χ1n) is 7.38. The summed E-state index contributed by atoms with van der Waals surface area (Å²) in [6, 6.07) is 18.3. The highest BCUT2D eigenvalue weighted by molar-refractivity contribution is 7.98. The zero-order valence-electron chi connectivity index (χ0n) is 11.5. The van der Waals surface area contributed by atoms with Crippen molar-refractivity contribution in [2.75, 3.05) is 12.3 Å². The van der Waals surface area contributed by atoms with Gasteiger partial charge in [0.2, 0.25) is 0 Å². The molecule has 0 spiro atoms. The number of benzene rings is 2. The minimum absolute atomic E-state index is 0.526. The van der Waals surface area contributed by atoms with E-state index in [0.717, 1.165) is 6.54 Å². The maximum absolute atomic E-state index is 3.80. The van der Waals surface area contributed by atoms with Gasteiger partial charge in [-0.05, 0) is 28.7 Å². The number of thioether (sulfide) groups is 1. The molecular weight excluding hydrogens is 262 g/mol. The lowest BCUT2D eigenvalue weighted by Crippen LogP contribution is -2.34. The number of hydrogen-bond donors (Lipinski definition) is 1. The average molecular weight is 281 g/mol. The van der Waals surface area contributed by atoms with E-state index in [2.05, 4.69) is 53.8 Å². The zero-order valence-corrected chi connectivity index (χ0v) is 12.3. The maximum atomic E-state index is 3.80. The molecule has 0 bridgehead atoms. The van der Waals surface area contributed by atoms with Crippen molar-refractivity contribution in [1.82, 2.24) is 5.32 Å². The first-order chi connectivity index (χ1) is 9.92. The zero-order chi connectivity index (χ0) is 13.4. The highest BCUT2D eigenvalue weighted by Gasteiger charge is 2.27. The molecule has 0 radical (unpaired) electrons. The van der Waals surface area contributed by atoms with E-state index in [1.54, 1.807) is 5.56 Å². The van der Waals surface area contributed by atoms with Crippen LogP contribution in [0.3, 0.4) is 0 Å². The van der Waals surface area contributed by atoms with Crippen LogP contribution in [-0.2, 0) is 12.2 Å². The molecule has 2 aliphatic rings. The van der Waals surface area contributed by atoms with E-state index in [9.17, 15) is 0 Å². The SMILES string of the molecule is c1ccc2c(c1)CC2CNC1CSCc2ccccc21. The third-order valence-electron chi connectivity index (χ3n) is 4.54. The Morgan fingerprint density at radius 2 is 1.70 bits per heavy atom. The summed E-state index contributed by atoms with van der Waals surface area (Å²) < 4.78 is 0. The molecule has 1 N–H and O–H groups in total. The Morgan fingerprint density at radius 3 is 2.55 bits per heavy atom. The van der Waals surface area contributed by atoms with Crippen molar-refractivity contribution in [2.24, 2.45) is 0 Å². The Balaban J connectivity index is 1.45. The molecule has 0 saturated carbocycles. The lowest BCUT2D eigenvalue weighted by atomic mass is 9.77. The standard InChI is InChI=1S/C18H19NS/c1-3-7-16-13(5-1)9-15(16)10-19-18-12-20-11-14-6-2-4-8-17(14)18/h1-8,15,18-19H,9-12H2. The molecule has 1 aliphatic carbocycles. The van der Waals surface area contributed by atoms with Crippen LogP contribution in [0.25, 0.3) is 0 Å². The Morgan fingerprint density at radius 1 is 0.950 bits per heavy atom. The summed E-state index contributed by atoms with van der Waals surface area (Å²) in [7, 11) is 0. The molecule has 0 amide bonds. The number of hydrogen-bond acceptors (Lipinski definition) is 2. The normalized spacial score (nSPS) is 23.6. The smallest absolute Gasteiger partial charge is 0.0415 e. The van der Waals surface area contributed by atoms with Crippen molar-refractivity contribution in [3.8, 4) is 0 Å². The van der Waals surface area contributed by atoms with Crippen LogP contribution in [-0.4, -0.2) is 12.3 Å². The van der Waals surface area contributed by atoms with E-state index in [1.165, 1.54) is 34.6 Å². The molecule has 0 aromatic heterocycles.